The average molecular weight is 634 g/mol. The van der Waals surface area contributed by atoms with E-state index in [0.717, 1.165) is 16.5 Å². The number of amides is 1. The monoisotopic (exact) mass is 633 g/mol. The molecule has 1 aromatic carbocycles. The van der Waals surface area contributed by atoms with Crippen LogP contribution in [0.2, 0.25) is 18.6 Å². The molecule has 45 heavy (non-hydrogen) atoms. The minimum atomic E-state index is -2.11. The number of aromatic nitrogens is 2. The van der Waals surface area contributed by atoms with Gasteiger partial charge in [0.05, 0.1) is 37.1 Å². The van der Waals surface area contributed by atoms with Gasteiger partial charge < -0.3 is 24.1 Å². The summed E-state index contributed by atoms with van der Waals surface area (Å²) in [5.41, 5.74) is 1.25. The maximum atomic E-state index is 14.2. The Morgan fingerprint density at radius 1 is 1.13 bits per heavy atom. The van der Waals surface area contributed by atoms with Crippen molar-refractivity contribution in [1.29, 1.82) is 0 Å². The predicted molar refractivity (Wildman–Crippen MR) is 174 cm³/mol. The zero-order valence-electron chi connectivity index (χ0n) is 27.6. The molecule has 10 nitrogen and oxygen atoms in total. The second-order valence-corrected chi connectivity index (χ2v) is 18.8. The zero-order chi connectivity index (χ0) is 33.1. The van der Waals surface area contributed by atoms with E-state index in [-0.39, 0.29) is 24.2 Å². The van der Waals surface area contributed by atoms with E-state index in [1.807, 2.05) is 18.2 Å². The molecule has 5 rings (SSSR count). The molecule has 0 aliphatic carbocycles. The number of hydrogen-bond acceptors (Lipinski definition) is 8. The summed E-state index contributed by atoms with van der Waals surface area (Å²) in [6.45, 7) is 18.0. The van der Waals surface area contributed by atoms with Crippen LogP contribution in [0.5, 0.6) is 0 Å². The Hall–Kier alpha value is -3.99. The second kappa shape index (κ2) is 11.4. The number of esters is 2. The number of para-hydroxylation sites is 1. The number of hydrogen-bond donors (Lipinski definition) is 1. The zero-order valence-corrected chi connectivity index (χ0v) is 28.6. The van der Waals surface area contributed by atoms with Crippen LogP contribution >= 0.6 is 0 Å². The molecule has 2 unspecified atom stereocenters. The fourth-order valence-corrected chi connectivity index (χ4v) is 10.7. The highest BCUT2D eigenvalue weighted by Crippen LogP contribution is 2.42. The van der Waals surface area contributed by atoms with Crippen molar-refractivity contribution >= 4 is 42.2 Å². The van der Waals surface area contributed by atoms with E-state index in [1.165, 1.54) is 5.19 Å². The van der Waals surface area contributed by atoms with Crippen molar-refractivity contribution in [3.63, 3.8) is 0 Å². The third-order valence-corrected chi connectivity index (χ3v) is 14.2. The number of fused-ring (bicyclic) bond motifs is 5. The van der Waals surface area contributed by atoms with Crippen LogP contribution in [0.4, 0.5) is 4.79 Å². The molecule has 1 N–H and O–H groups in total. The number of ether oxygens (including phenoxy) is 3. The summed E-state index contributed by atoms with van der Waals surface area (Å²) >= 11 is 0. The fourth-order valence-electron chi connectivity index (χ4n) is 6.67. The smallest absolute Gasteiger partial charge is 0.408 e. The van der Waals surface area contributed by atoms with Crippen LogP contribution < -0.4 is 16.1 Å². The van der Waals surface area contributed by atoms with Gasteiger partial charge in [-0.3, -0.25) is 9.59 Å². The number of nitrogens with zero attached hydrogens (tertiary/aromatic N) is 2. The van der Waals surface area contributed by atoms with Gasteiger partial charge in [0.25, 0.3) is 5.56 Å². The summed E-state index contributed by atoms with van der Waals surface area (Å²) in [5.74, 6) is -1.16. The minimum Gasteiger partial charge on any atom is -0.457 e. The van der Waals surface area contributed by atoms with Crippen molar-refractivity contribution in [2.24, 2.45) is 5.92 Å². The van der Waals surface area contributed by atoms with Gasteiger partial charge in [-0.2, -0.15) is 0 Å². The Morgan fingerprint density at radius 3 is 2.47 bits per heavy atom. The molecule has 0 saturated heterocycles. The predicted octanol–water partition coefficient (Wildman–Crippen LogP) is 5.12. The molecule has 2 aromatic heterocycles. The standard InChI is InChI=1S/C34H43N3O7Si/c1-10-34(43-27(38)16-35-32(41)44-33(5,6)7)24-15-26-28-22(17-37(26)30(39)23(24)18-42-31(34)40)29(45(8,9)20(4)19(2)3)21-13-11-12-14-25(21)36-28/h11-15,19-20H,10,16-18H2,1-9H3,(H,35,41). The van der Waals surface area contributed by atoms with Gasteiger partial charge in [-0.25, -0.2) is 14.6 Å². The number of alkyl carbamates (subject to hydrolysis) is 1. The molecule has 2 aliphatic rings. The van der Waals surface area contributed by atoms with Crippen molar-refractivity contribution in [2.75, 3.05) is 6.54 Å². The number of nitrogens with one attached hydrogen (secondary N) is 1. The van der Waals surface area contributed by atoms with Gasteiger partial charge in [-0.1, -0.05) is 59.0 Å². The van der Waals surface area contributed by atoms with Crippen molar-refractivity contribution in [3.8, 4) is 11.4 Å². The first kappa shape index (κ1) is 32.4. The SMILES string of the molecule is CCC1(OC(=O)CNC(=O)OC(C)(C)C)C(=O)OCc2c1cc1n(c2=O)Cc2c-1nc1ccccc1c2[Si](C)(C)C(C)C(C)C. The van der Waals surface area contributed by atoms with Gasteiger partial charge in [-0.05, 0) is 66.9 Å². The summed E-state index contributed by atoms with van der Waals surface area (Å²) in [5, 5.41) is 4.77. The Bertz CT molecular complexity index is 1770. The van der Waals surface area contributed by atoms with Crippen molar-refractivity contribution in [2.45, 2.75) is 97.9 Å². The third-order valence-electron chi connectivity index (χ3n) is 9.41. The Morgan fingerprint density at radius 2 is 1.82 bits per heavy atom. The van der Waals surface area contributed by atoms with E-state index in [9.17, 15) is 19.2 Å². The van der Waals surface area contributed by atoms with Crippen LogP contribution in [0.15, 0.2) is 35.1 Å². The number of rotatable bonds is 7. The lowest BCUT2D eigenvalue weighted by Gasteiger charge is -2.35. The highest BCUT2D eigenvalue weighted by Gasteiger charge is 2.51. The first-order valence-electron chi connectivity index (χ1n) is 15.6. The minimum absolute atomic E-state index is 0.0228. The van der Waals surface area contributed by atoms with E-state index in [2.05, 4.69) is 45.2 Å². The van der Waals surface area contributed by atoms with Crippen LogP contribution in [0.1, 0.15) is 71.6 Å². The summed E-state index contributed by atoms with van der Waals surface area (Å²) in [6.07, 6.45) is -0.772. The number of carbonyl (C=O) groups excluding carboxylic acids is 3. The first-order valence-corrected chi connectivity index (χ1v) is 18.6. The van der Waals surface area contributed by atoms with E-state index in [0.29, 0.717) is 35.0 Å². The quantitative estimate of drug-likeness (QED) is 0.169. The molecule has 0 spiro atoms. The lowest BCUT2D eigenvalue weighted by atomic mass is 9.85. The highest BCUT2D eigenvalue weighted by atomic mass is 28.3. The van der Waals surface area contributed by atoms with Crippen LogP contribution in [0.3, 0.4) is 0 Å². The lowest BCUT2D eigenvalue weighted by molar-refractivity contribution is -0.188. The number of pyridine rings is 2. The normalized spacial score (nSPS) is 18.1. The van der Waals surface area contributed by atoms with Gasteiger partial charge in [-0.15, -0.1) is 0 Å². The maximum absolute atomic E-state index is 14.2. The summed E-state index contributed by atoms with van der Waals surface area (Å²) in [4.78, 5) is 57.8. The summed E-state index contributed by atoms with van der Waals surface area (Å²) in [7, 11) is -2.11. The molecule has 1 amide bonds. The fraction of sp³-hybridized carbons (Fsp3) is 0.500. The highest BCUT2D eigenvalue weighted by molar-refractivity contribution is 6.93. The van der Waals surface area contributed by atoms with Crippen LogP contribution in [0, 0.1) is 5.92 Å². The van der Waals surface area contributed by atoms with E-state index >= 15 is 0 Å². The number of cyclic esters (lactones) is 1. The molecule has 0 bridgehead atoms. The van der Waals surface area contributed by atoms with E-state index < -0.39 is 43.9 Å². The van der Waals surface area contributed by atoms with Gasteiger partial charge in [0.1, 0.15) is 18.8 Å². The van der Waals surface area contributed by atoms with Gasteiger partial charge in [0, 0.05) is 5.56 Å². The Balaban J connectivity index is 1.63. The molecule has 3 aromatic rings. The van der Waals surface area contributed by atoms with E-state index in [4.69, 9.17) is 19.2 Å². The van der Waals surface area contributed by atoms with Gasteiger partial charge in [0.2, 0.25) is 5.60 Å². The Kier molecular flexibility index (Phi) is 8.22. The molecule has 2 aliphatic heterocycles. The summed E-state index contributed by atoms with van der Waals surface area (Å²) < 4.78 is 18.2. The van der Waals surface area contributed by atoms with Crippen molar-refractivity contribution < 1.29 is 28.6 Å². The number of benzene rings is 1. The van der Waals surface area contributed by atoms with Crippen LogP contribution in [-0.2, 0) is 42.6 Å². The molecule has 2 atom stereocenters. The maximum Gasteiger partial charge on any atom is 0.408 e. The number of carbonyl (C=O) groups is 3. The van der Waals surface area contributed by atoms with Crippen molar-refractivity contribution in [1.82, 2.24) is 14.9 Å². The largest absolute Gasteiger partial charge is 0.457 e. The molecular formula is C34H43N3O7Si. The molecule has 4 heterocycles. The molecule has 0 radical (unpaired) electrons. The molecule has 11 heteroatoms. The topological polar surface area (TPSA) is 126 Å². The molecular weight excluding hydrogens is 590 g/mol. The van der Waals surface area contributed by atoms with Gasteiger partial charge in [0.15, 0.2) is 0 Å². The first-order chi connectivity index (χ1) is 21.0. The average Bonchev–Trinajstić information content (AvgIpc) is 3.33. The van der Waals surface area contributed by atoms with Gasteiger partial charge >= 0.3 is 18.0 Å². The lowest BCUT2D eigenvalue weighted by Crippen LogP contribution is -2.49. The van der Waals surface area contributed by atoms with Crippen molar-refractivity contribution in [3.05, 3.63) is 57.4 Å². The van der Waals surface area contributed by atoms with Crippen LogP contribution in [0.25, 0.3) is 22.3 Å². The molecule has 0 fully saturated rings. The third kappa shape index (κ3) is 5.55. The second-order valence-electron chi connectivity index (χ2n) is 14.0. The van der Waals surface area contributed by atoms with Crippen LogP contribution in [-0.4, -0.2) is 47.8 Å². The summed E-state index contributed by atoms with van der Waals surface area (Å²) in [6, 6.07) is 9.88. The molecule has 0 saturated carbocycles. The Labute approximate surface area is 264 Å². The molecule has 240 valence electrons. The van der Waals surface area contributed by atoms with E-state index in [1.54, 1.807) is 38.3 Å².